The number of aliphatic hydroxyl groups is 1. The van der Waals surface area contributed by atoms with Crippen molar-refractivity contribution in [3.05, 3.63) is 87.3 Å². The summed E-state index contributed by atoms with van der Waals surface area (Å²) in [5, 5.41) is 13.0. The molecule has 0 radical (unpaired) electrons. The Balaban J connectivity index is 1.85. The lowest BCUT2D eigenvalue weighted by atomic mass is 9.89. The van der Waals surface area contributed by atoms with E-state index in [1.54, 1.807) is 49.7 Å². The van der Waals surface area contributed by atoms with Gasteiger partial charge in [0, 0.05) is 36.6 Å². The molecular weight excluding hydrogens is 472 g/mol. The van der Waals surface area contributed by atoms with Gasteiger partial charge in [-0.1, -0.05) is 44.2 Å². The van der Waals surface area contributed by atoms with Crippen molar-refractivity contribution in [3.63, 3.8) is 0 Å². The van der Waals surface area contributed by atoms with Crippen LogP contribution in [-0.4, -0.2) is 41.7 Å². The molecule has 0 aliphatic carbocycles. The van der Waals surface area contributed by atoms with Crippen LogP contribution in [0.4, 0.5) is 5.69 Å². The van der Waals surface area contributed by atoms with E-state index in [0.29, 0.717) is 16.8 Å². The summed E-state index contributed by atoms with van der Waals surface area (Å²) in [6.07, 6.45) is 0.178. The average molecular weight is 503 g/mol. The van der Waals surface area contributed by atoms with Crippen molar-refractivity contribution in [2.45, 2.75) is 33.2 Å². The lowest BCUT2D eigenvalue weighted by Crippen LogP contribution is -2.33. The van der Waals surface area contributed by atoms with Gasteiger partial charge >= 0.3 is 0 Å². The zero-order chi connectivity index (χ0) is 26.1. The molecule has 2 amide bonds. The van der Waals surface area contributed by atoms with Crippen molar-refractivity contribution >= 4 is 34.6 Å². The largest absolute Gasteiger partial charge is 0.503 e. The third-order valence-electron chi connectivity index (χ3n) is 6.20. The number of amides is 2. The molecule has 4 rings (SSSR count). The number of aryl methyl sites for hydroxylation is 1. The number of carbonyl (C=O) groups is 3. The molecule has 186 valence electrons. The zero-order valence-electron chi connectivity index (χ0n) is 21.1. The van der Waals surface area contributed by atoms with Gasteiger partial charge in [-0.05, 0) is 59.2 Å². The summed E-state index contributed by atoms with van der Waals surface area (Å²) < 4.78 is 0. The number of hydrogen-bond donors (Lipinski definition) is 1. The van der Waals surface area contributed by atoms with Crippen LogP contribution in [0.2, 0.25) is 0 Å². The number of nitrogens with zero attached hydrogens (tertiary/aromatic N) is 2. The van der Waals surface area contributed by atoms with Crippen LogP contribution in [0, 0.1) is 12.8 Å². The maximum atomic E-state index is 13.4. The molecule has 1 atom stereocenters. The summed E-state index contributed by atoms with van der Waals surface area (Å²) >= 11 is 1.66. The highest BCUT2D eigenvalue weighted by molar-refractivity contribution is 7.10. The second kappa shape index (κ2) is 10.1. The van der Waals surface area contributed by atoms with Crippen LogP contribution in [0.1, 0.15) is 47.1 Å². The Morgan fingerprint density at radius 2 is 1.72 bits per heavy atom. The van der Waals surface area contributed by atoms with Crippen molar-refractivity contribution in [3.8, 4) is 11.1 Å². The number of carbonyl (C=O) groups excluding carboxylic acids is 3. The van der Waals surface area contributed by atoms with Gasteiger partial charge in [-0.3, -0.25) is 19.3 Å². The number of benzene rings is 2. The third-order valence-corrected chi connectivity index (χ3v) is 7.06. The molecule has 2 heterocycles. The van der Waals surface area contributed by atoms with Crippen LogP contribution in [-0.2, 0) is 9.59 Å². The first-order valence-electron chi connectivity index (χ1n) is 11.9. The highest BCUT2D eigenvalue weighted by Gasteiger charge is 2.45. The molecule has 0 saturated carbocycles. The van der Waals surface area contributed by atoms with E-state index in [1.807, 2.05) is 45.0 Å². The molecule has 3 aromatic rings. The Morgan fingerprint density at radius 3 is 2.31 bits per heavy atom. The molecule has 7 heteroatoms. The molecule has 36 heavy (non-hydrogen) atoms. The Hall–Kier alpha value is -3.71. The molecule has 1 aliphatic rings. The molecule has 0 fully saturated rings. The predicted octanol–water partition coefficient (Wildman–Crippen LogP) is 5.94. The van der Waals surface area contributed by atoms with Crippen LogP contribution < -0.4 is 4.90 Å². The summed E-state index contributed by atoms with van der Waals surface area (Å²) in [6, 6.07) is 15.6. The smallest absolute Gasteiger partial charge is 0.294 e. The topological polar surface area (TPSA) is 77.9 Å². The molecule has 1 unspecified atom stereocenters. The molecule has 0 spiro atoms. The summed E-state index contributed by atoms with van der Waals surface area (Å²) in [6.45, 7) is 5.87. The molecule has 6 nitrogen and oxygen atoms in total. The Kier molecular flexibility index (Phi) is 7.13. The van der Waals surface area contributed by atoms with E-state index in [2.05, 4.69) is 11.4 Å². The van der Waals surface area contributed by atoms with E-state index in [0.717, 1.165) is 11.1 Å². The quantitative estimate of drug-likeness (QED) is 0.434. The fraction of sp³-hybridized carbons (Fsp3) is 0.276. The second-order valence-electron chi connectivity index (χ2n) is 9.64. The number of rotatable bonds is 7. The lowest BCUT2D eigenvalue weighted by molar-refractivity contribution is -0.118. The molecule has 0 saturated heterocycles. The van der Waals surface area contributed by atoms with Crippen LogP contribution in [0.25, 0.3) is 11.1 Å². The number of aliphatic hydroxyl groups excluding tert-OH is 1. The van der Waals surface area contributed by atoms with Crippen LogP contribution >= 0.6 is 11.3 Å². The number of hydrogen-bond acceptors (Lipinski definition) is 5. The Morgan fingerprint density at radius 1 is 1.06 bits per heavy atom. The van der Waals surface area contributed by atoms with Gasteiger partial charge in [-0.2, -0.15) is 0 Å². The highest BCUT2D eigenvalue weighted by atomic mass is 32.1. The van der Waals surface area contributed by atoms with Crippen molar-refractivity contribution in [2.24, 2.45) is 5.92 Å². The minimum Gasteiger partial charge on any atom is -0.503 e. The molecule has 0 bridgehead atoms. The average Bonchev–Trinajstić information content (AvgIpc) is 3.39. The maximum Gasteiger partial charge on any atom is 0.294 e. The van der Waals surface area contributed by atoms with E-state index in [4.69, 9.17) is 0 Å². The Labute approximate surface area is 215 Å². The number of Topliss-reactive ketones (excluding diaryl/α,β-unsaturated/α-hetero) is 1. The van der Waals surface area contributed by atoms with Crippen LogP contribution in [0.15, 0.2) is 71.3 Å². The predicted molar refractivity (Wildman–Crippen MR) is 143 cm³/mol. The summed E-state index contributed by atoms with van der Waals surface area (Å²) in [5.74, 6) is -1.73. The standard InChI is InChI=1S/C29H30N2O4S/c1-17(2)14-24(32)25-26(22-8-6-7-9-23(22)28(34)30(4)5)31(29(35)27(25)33)21-12-10-19(11-13-21)20-15-18(3)36-16-20/h6-13,15-17,26,33H,14H2,1-5H3. The fourth-order valence-corrected chi connectivity index (χ4v) is 5.22. The normalized spacial score (nSPS) is 15.7. The van der Waals surface area contributed by atoms with Gasteiger partial charge in [0.05, 0.1) is 11.6 Å². The van der Waals surface area contributed by atoms with E-state index in [9.17, 15) is 19.5 Å². The third kappa shape index (κ3) is 4.71. The molecule has 1 aromatic heterocycles. The van der Waals surface area contributed by atoms with Crippen molar-refractivity contribution in [2.75, 3.05) is 19.0 Å². The van der Waals surface area contributed by atoms with E-state index in [1.165, 1.54) is 14.7 Å². The minimum atomic E-state index is -0.918. The number of ketones is 1. The molecule has 2 aromatic carbocycles. The van der Waals surface area contributed by atoms with Gasteiger partial charge in [0.15, 0.2) is 11.5 Å². The molecule has 1 aliphatic heterocycles. The first kappa shape index (κ1) is 25.4. The number of anilines is 1. The summed E-state index contributed by atoms with van der Waals surface area (Å²) in [4.78, 5) is 43.9. The van der Waals surface area contributed by atoms with E-state index < -0.39 is 17.7 Å². The lowest BCUT2D eigenvalue weighted by Gasteiger charge is -2.29. The molecule has 1 N–H and O–H groups in total. The number of thiophene rings is 1. The van der Waals surface area contributed by atoms with Gasteiger partial charge < -0.3 is 10.0 Å². The van der Waals surface area contributed by atoms with Crippen LogP contribution in [0.3, 0.4) is 0 Å². The summed E-state index contributed by atoms with van der Waals surface area (Å²) in [7, 11) is 3.30. The minimum absolute atomic E-state index is 0.0326. The van der Waals surface area contributed by atoms with Gasteiger partial charge in [0.2, 0.25) is 0 Å². The summed E-state index contributed by atoms with van der Waals surface area (Å²) in [5.41, 5.74) is 3.53. The Bertz CT molecular complexity index is 1350. The highest BCUT2D eigenvalue weighted by Crippen LogP contribution is 2.43. The van der Waals surface area contributed by atoms with E-state index in [-0.39, 0.29) is 29.6 Å². The SMILES string of the molecule is Cc1cc(-c2ccc(N3C(=O)C(O)=C(C(=O)CC(C)C)C3c3ccccc3C(=O)N(C)C)cc2)cs1. The van der Waals surface area contributed by atoms with Gasteiger partial charge in [0.25, 0.3) is 11.8 Å². The first-order valence-corrected chi connectivity index (χ1v) is 12.7. The second-order valence-corrected chi connectivity index (χ2v) is 10.8. The van der Waals surface area contributed by atoms with Crippen molar-refractivity contribution in [1.82, 2.24) is 4.90 Å². The molecular formula is C29H30N2O4S. The van der Waals surface area contributed by atoms with Crippen molar-refractivity contribution in [1.29, 1.82) is 0 Å². The van der Waals surface area contributed by atoms with Gasteiger partial charge in [-0.25, -0.2) is 0 Å². The van der Waals surface area contributed by atoms with E-state index >= 15 is 0 Å². The van der Waals surface area contributed by atoms with Gasteiger partial charge in [0.1, 0.15) is 0 Å². The monoisotopic (exact) mass is 502 g/mol. The fourth-order valence-electron chi connectivity index (χ4n) is 4.51. The zero-order valence-corrected chi connectivity index (χ0v) is 21.9. The van der Waals surface area contributed by atoms with Crippen molar-refractivity contribution < 1.29 is 19.5 Å². The first-order chi connectivity index (χ1) is 17.1. The van der Waals surface area contributed by atoms with Crippen LogP contribution in [0.5, 0.6) is 0 Å². The van der Waals surface area contributed by atoms with Gasteiger partial charge in [-0.15, -0.1) is 11.3 Å². The maximum absolute atomic E-state index is 13.4.